The van der Waals surface area contributed by atoms with Crippen LogP contribution in [0.4, 0.5) is 0 Å². The molecule has 2 nitrogen and oxygen atoms in total. The molecule has 0 aliphatic heterocycles. The van der Waals surface area contributed by atoms with E-state index in [2.05, 4.69) is 32.6 Å². The predicted octanol–water partition coefficient (Wildman–Crippen LogP) is 4.04. The van der Waals surface area contributed by atoms with Gasteiger partial charge in [-0.05, 0) is 57.0 Å². The van der Waals surface area contributed by atoms with Crippen LogP contribution >= 0.6 is 0 Å². The van der Waals surface area contributed by atoms with Crippen molar-refractivity contribution in [2.45, 2.75) is 78.2 Å². The highest BCUT2D eigenvalue weighted by molar-refractivity contribution is 4.97. The van der Waals surface area contributed by atoms with Crippen LogP contribution in [0, 0.1) is 11.8 Å². The molecule has 114 valence electrons. The molecule has 2 atom stereocenters. The zero-order valence-electron chi connectivity index (χ0n) is 13.8. The SMILES string of the molecule is CCCCN(CCCC)C1(CN)CC(C)CC(C)C1. The average molecular weight is 268 g/mol. The second-order valence-electron chi connectivity index (χ2n) is 6.98. The Labute approximate surface area is 121 Å². The fourth-order valence-electron chi connectivity index (χ4n) is 4.07. The minimum atomic E-state index is 0.293. The van der Waals surface area contributed by atoms with E-state index in [4.69, 9.17) is 5.73 Å². The van der Waals surface area contributed by atoms with E-state index in [1.165, 1.54) is 58.0 Å². The quantitative estimate of drug-likeness (QED) is 0.720. The molecule has 1 saturated carbocycles. The van der Waals surface area contributed by atoms with Gasteiger partial charge in [0.2, 0.25) is 0 Å². The first-order valence-corrected chi connectivity index (χ1v) is 8.53. The van der Waals surface area contributed by atoms with Crippen LogP contribution in [0.2, 0.25) is 0 Å². The molecule has 1 fully saturated rings. The molecular formula is C17H36N2. The summed E-state index contributed by atoms with van der Waals surface area (Å²) in [6.07, 6.45) is 9.20. The molecule has 0 aromatic rings. The van der Waals surface area contributed by atoms with Crippen molar-refractivity contribution in [2.75, 3.05) is 19.6 Å². The smallest absolute Gasteiger partial charge is 0.0336 e. The molecule has 0 radical (unpaired) electrons. The van der Waals surface area contributed by atoms with Gasteiger partial charge in [-0.3, -0.25) is 4.90 Å². The van der Waals surface area contributed by atoms with Crippen molar-refractivity contribution in [1.29, 1.82) is 0 Å². The maximum atomic E-state index is 6.27. The molecule has 0 spiro atoms. The Hall–Kier alpha value is -0.0800. The number of unbranched alkanes of at least 4 members (excludes halogenated alkanes) is 2. The highest BCUT2D eigenvalue weighted by Crippen LogP contribution is 2.39. The van der Waals surface area contributed by atoms with E-state index in [0.717, 1.165) is 18.4 Å². The van der Waals surface area contributed by atoms with Crippen molar-refractivity contribution in [3.8, 4) is 0 Å². The van der Waals surface area contributed by atoms with Crippen molar-refractivity contribution >= 4 is 0 Å². The van der Waals surface area contributed by atoms with Crippen molar-refractivity contribution in [1.82, 2.24) is 4.90 Å². The third kappa shape index (κ3) is 4.75. The molecule has 0 aromatic heterocycles. The Morgan fingerprint density at radius 2 is 1.47 bits per heavy atom. The minimum absolute atomic E-state index is 0.293. The van der Waals surface area contributed by atoms with Crippen LogP contribution in [0.15, 0.2) is 0 Å². The predicted molar refractivity (Wildman–Crippen MR) is 85.4 cm³/mol. The third-order valence-electron chi connectivity index (χ3n) is 4.88. The van der Waals surface area contributed by atoms with Crippen molar-refractivity contribution in [3.63, 3.8) is 0 Å². The molecule has 0 heterocycles. The summed E-state index contributed by atoms with van der Waals surface area (Å²) in [6.45, 7) is 12.7. The van der Waals surface area contributed by atoms with E-state index in [-0.39, 0.29) is 0 Å². The number of hydrogen-bond donors (Lipinski definition) is 1. The van der Waals surface area contributed by atoms with Gasteiger partial charge in [0.15, 0.2) is 0 Å². The molecule has 0 aromatic carbocycles. The van der Waals surface area contributed by atoms with Gasteiger partial charge in [0, 0.05) is 12.1 Å². The molecular weight excluding hydrogens is 232 g/mol. The van der Waals surface area contributed by atoms with Crippen LogP contribution in [-0.4, -0.2) is 30.1 Å². The molecule has 0 saturated heterocycles. The Morgan fingerprint density at radius 3 is 1.84 bits per heavy atom. The monoisotopic (exact) mass is 268 g/mol. The molecule has 2 unspecified atom stereocenters. The Kier molecular flexibility index (Phi) is 7.38. The van der Waals surface area contributed by atoms with Crippen molar-refractivity contribution < 1.29 is 0 Å². The first-order valence-electron chi connectivity index (χ1n) is 8.53. The van der Waals surface area contributed by atoms with Crippen LogP contribution < -0.4 is 5.73 Å². The lowest BCUT2D eigenvalue weighted by Gasteiger charge is -2.50. The summed E-state index contributed by atoms with van der Waals surface area (Å²) in [4.78, 5) is 2.76. The van der Waals surface area contributed by atoms with E-state index in [9.17, 15) is 0 Å². The minimum Gasteiger partial charge on any atom is -0.329 e. The topological polar surface area (TPSA) is 29.3 Å². The summed E-state index contributed by atoms with van der Waals surface area (Å²) in [5, 5.41) is 0. The fraction of sp³-hybridized carbons (Fsp3) is 1.00. The van der Waals surface area contributed by atoms with E-state index in [1.807, 2.05) is 0 Å². The van der Waals surface area contributed by atoms with E-state index >= 15 is 0 Å². The highest BCUT2D eigenvalue weighted by atomic mass is 15.2. The van der Waals surface area contributed by atoms with Crippen LogP contribution in [0.5, 0.6) is 0 Å². The summed E-state index contributed by atoms with van der Waals surface area (Å²) in [7, 11) is 0. The van der Waals surface area contributed by atoms with Gasteiger partial charge in [0.05, 0.1) is 0 Å². The lowest BCUT2D eigenvalue weighted by Crippen LogP contribution is -2.58. The van der Waals surface area contributed by atoms with Crippen LogP contribution in [0.3, 0.4) is 0 Å². The summed E-state index contributed by atoms with van der Waals surface area (Å²) in [6, 6.07) is 0. The summed E-state index contributed by atoms with van der Waals surface area (Å²) in [5.41, 5.74) is 6.56. The first kappa shape index (κ1) is 17.0. The number of hydrogen-bond acceptors (Lipinski definition) is 2. The molecule has 2 N–H and O–H groups in total. The van der Waals surface area contributed by atoms with Crippen LogP contribution in [0.1, 0.15) is 72.6 Å². The van der Waals surface area contributed by atoms with Crippen molar-refractivity contribution in [2.24, 2.45) is 17.6 Å². The molecule has 2 heteroatoms. The highest BCUT2D eigenvalue weighted by Gasteiger charge is 2.40. The molecule has 19 heavy (non-hydrogen) atoms. The molecule has 1 aliphatic rings. The second kappa shape index (κ2) is 8.26. The van der Waals surface area contributed by atoms with Gasteiger partial charge in [0.25, 0.3) is 0 Å². The summed E-state index contributed by atoms with van der Waals surface area (Å²) >= 11 is 0. The van der Waals surface area contributed by atoms with E-state index in [0.29, 0.717) is 5.54 Å². The average Bonchev–Trinajstić information content (AvgIpc) is 2.37. The van der Waals surface area contributed by atoms with Gasteiger partial charge >= 0.3 is 0 Å². The van der Waals surface area contributed by atoms with Crippen LogP contribution in [-0.2, 0) is 0 Å². The lowest BCUT2D eigenvalue weighted by molar-refractivity contribution is 0.0173. The maximum Gasteiger partial charge on any atom is 0.0336 e. The summed E-state index contributed by atoms with van der Waals surface area (Å²) < 4.78 is 0. The van der Waals surface area contributed by atoms with E-state index in [1.54, 1.807) is 0 Å². The lowest BCUT2D eigenvalue weighted by atomic mass is 9.70. The molecule has 0 bridgehead atoms. The van der Waals surface area contributed by atoms with Gasteiger partial charge < -0.3 is 5.73 Å². The standard InChI is InChI=1S/C17H36N2/c1-5-7-9-19(10-8-6-2)17(14-18)12-15(3)11-16(4)13-17/h15-16H,5-14,18H2,1-4H3. The van der Waals surface area contributed by atoms with E-state index < -0.39 is 0 Å². The van der Waals surface area contributed by atoms with Gasteiger partial charge in [-0.15, -0.1) is 0 Å². The zero-order valence-corrected chi connectivity index (χ0v) is 13.8. The Balaban J connectivity index is 2.78. The molecule has 0 amide bonds. The second-order valence-corrected chi connectivity index (χ2v) is 6.98. The third-order valence-corrected chi connectivity index (χ3v) is 4.88. The van der Waals surface area contributed by atoms with Crippen LogP contribution in [0.25, 0.3) is 0 Å². The molecule has 1 rings (SSSR count). The zero-order chi connectivity index (χ0) is 14.3. The van der Waals surface area contributed by atoms with Gasteiger partial charge in [0.1, 0.15) is 0 Å². The number of nitrogens with zero attached hydrogens (tertiary/aromatic N) is 1. The van der Waals surface area contributed by atoms with Gasteiger partial charge in [-0.1, -0.05) is 40.5 Å². The largest absolute Gasteiger partial charge is 0.329 e. The number of rotatable bonds is 8. The summed E-state index contributed by atoms with van der Waals surface area (Å²) in [5.74, 6) is 1.66. The Bertz CT molecular complexity index is 221. The molecule has 1 aliphatic carbocycles. The maximum absolute atomic E-state index is 6.27. The van der Waals surface area contributed by atoms with Gasteiger partial charge in [-0.25, -0.2) is 0 Å². The van der Waals surface area contributed by atoms with Gasteiger partial charge in [-0.2, -0.15) is 0 Å². The normalized spacial score (nSPS) is 31.9. The Morgan fingerprint density at radius 1 is 1.00 bits per heavy atom. The number of nitrogens with two attached hydrogens (primary N) is 1. The first-order chi connectivity index (χ1) is 9.07. The fourth-order valence-corrected chi connectivity index (χ4v) is 4.07. The van der Waals surface area contributed by atoms with Crippen molar-refractivity contribution in [3.05, 3.63) is 0 Å².